The number of hydrogen-bond acceptors (Lipinski definition) is 2. The van der Waals surface area contributed by atoms with Gasteiger partial charge in [0.15, 0.2) is 0 Å². The van der Waals surface area contributed by atoms with Crippen LogP contribution in [0, 0.1) is 22.7 Å². The number of rotatable bonds is 2. The Morgan fingerprint density at radius 2 is 2.17 bits per heavy atom. The summed E-state index contributed by atoms with van der Waals surface area (Å²) in [6, 6.07) is 10.5. The maximum absolute atomic E-state index is 8.91. The molecular formula is C16H22N2. The van der Waals surface area contributed by atoms with Gasteiger partial charge in [-0.1, -0.05) is 26.8 Å². The molecule has 0 heterocycles. The second-order valence-corrected chi connectivity index (χ2v) is 6.33. The molecule has 2 nitrogen and oxygen atoms in total. The van der Waals surface area contributed by atoms with Crippen LogP contribution in [0.4, 0.5) is 5.69 Å². The average molecular weight is 242 g/mol. The Bertz CT molecular complexity index is 456. The zero-order valence-electron chi connectivity index (χ0n) is 11.5. The van der Waals surface area contributed by atoms with E-state index in [1.807, 2.05) is 24.3 Å². The number of nitrogens with one attached hydrogen (secondary N) is 1. The zero-order valence-corrected chi connectivity index (χ0v) is 11.5. The van der Waals surface area contributed by atoms with Crippen molar-refractivity contribution in [3.8, 4) is 6.07 Å². The molecular weight excluding hydrogens is 220 g/mol. The molecule has 1 aliphatic carbocycles. The molecule has 0 aliphatic heterocycles. The van der Waals surface area contributed by atoms with Gasteiger partial charge in [-0.3, -0.25) is 0 Å². The third-order valence-electron chi connectivity index (χ3n) is 4.04. The number of nitrogens with zero attached hydrogens (tertiary/aromatic N) is 1. The summed E-state index contributed by atoms with van der Waals surface area (Å²) in [6.07, 6.45) is 3.75. The Morgan fingerprint density at radius 3 is 2.83 bits per heavy atom. The predicted octanol–water partition coefficient (Wildman–Crippen LogP) is 4.18. The van der Waals surface area contributed by atoms with Crippen LogP contribution >= 0.6 is 0 Å². The van der Waals surface area contributed by atoms with E-state index in [2.05, 4.69) is 32.2 Å². The highest BCUT2D eigenvalue weighted by atomic mass is 14.9. The Morgan fingerprint density at radius 1 is 1.39 bits per heavy atom. The first-order valence-electron chi connectivity index (χ1n) is 6.77. The van der Waals surface area contributed by atoms with Crippen LogP contribution in [0.25, 0.3) is 0 Å². The number of anilines is 1. The lowest BCUT2D eigenvalue weighted by atomic mass is 9.70. The van der Waals surface area contributed by atoms with Crippen LogP contribution in [-0.4, -0.2) is 6.04 Å². The molecule has 2 rings (SSSR count). The molecule has 0 spiro atoms. The van der Waals surface area contributed by atoms with Gasteiger partial charge in [-0.2, -0.15) is 5.26 Å². The second-order valence-electron chi connectivity index (χ2n) is 6.33. The van der Waals surface area contributed by atoms with Gasteiger partial charge in [0.2, 0.25) is 0 Å². The fraction of sp³-hybridized carbons (Fsp3) is 0.562. The lowest BCUT2D eigenvalue weighted by molar-refractivity contribution is 0.177. The molecule has 0 saturated heterocycles. The van der Waals surface area contributed by atoms with E-state index in [4.69, 9.17) is 5.26 Å². The van der Waals surface area contributed by atoms with Crippen LogP contribution in [-0.2, 0) is 0 Å². The highest BCUT2D eigenvalue weighted by molar-refractivity contribution is 5.49. The van der Waals surface area contributed by atoms with Crippen LogP contribution in [0.3, 0.4) is 0 Å². The summed E-state index contributed by atoms with van der Waals surface area (Å²) in [5, 5.41) is 12.5. The first-order chi connectivity index (χ1) is 8.50. The van der Waals surface area contributed by atoms with Crippen molar-refractivity contribution >= 4 is 5.69 Å². The topological polar surface area (TPSA) is 35.8 Å². The van der Waals surface area contributed by atoms with Gasteiger partial charge in [0.1, 0.15) is 0 Å². The Balaban J connectivity index is 2.04. The van der Waals surface area contributed by atoms with Crippen molar-refractivity contribution in [2.24, 2.45) is 11.3 Å². The van der Waals surface area contributed by atoms with Crippen molar-refractivity contribution in [3.63, 3.8) is 0 Å². The van der Waals surface area contributed by atoms with Crippen LogP contribution in [0.5, 0.6) is 0 Å². The second kappa shape index (κ2) is 5.02. The first kappa shape index (κ1) is 13.0. The van der Waals surface area contributed by atoms with Crippen molar-refractivity contribution in [1.82, 2.24) is 0 Å². The molecule has 1 fully saturated rings. The van der Waals surface area contributed by atoms with Gasteiger partial charge in [-0.05, 0) is 48.8 Å². The molecule has 1 aromatic carbocycles. The van der Waals surface area contributed by atoms with E-state index in [1.165, 1.54) is 19.3 Å². The summed E-state index contributed by atoms with van der Waals surface area (Å²) in [5.41, 5.74) is 2.28. The number of hydrogen-bond donors (Lipinski definition) is 1. The standard InChI is InChI=1S/C16H22N2/c1-12-10-16(2,3)8-7-15(12)18-14-6-4-5-13(9-14)11-17/h4-6,9,12,15,18H,7-8,10H2,1-3H3. The van der Waals surface area contributed by atoms with E-state index < -0.39 is 0 Å². The van der Waals surface area contributed by atoms with Crippen LogP contribution in [0.15, 0.2) is 24.3 Å². The minimum Gasteiger partial charge on any atom is -0.382 e. The maximum Gasteiger partial charge on any atom is 0.0992 e. The lowest BCUT2D eigenvalue weighted by Gasteiger charge is -2.40. The summed E-state index contributed by atoms with van der Waals surface area (Å²) in [5.74, 6) is 0.680. The quantitative estimate of drug-likeness (QED) is 0.844. The third-order valence-corrected chi connectivity index (χ3v) is 4.04. The highest BCUT2D eigenvalue weighted by Gasteiger charge is 2.32. The number of nitriles is 1. The monoisotopic (exact) mass is 242 g/mol. The smallest absolute Gasteiger partial charge is 0.0992 e. The number of benzene rings is 1. The largest absolute Gasteiger partial charge is 0.382 e. The molecule has 1 saturated carbocycles. The third kappa shape index (κ3) is 3.04. The molecule has 18 heavy (non-hydrogen) atoms. The molecule has 96 valence electrons. The predicted molar refractivity (Wildman–Crippen MR) is 75.4 cm³/mol. The minimum absolute atomic E-state index is 0.478. The van der Waals surface area contributed by atoms with Gasteiger partial charge in [0.05, 0.1) is 11.6 Å². The molecule has 1 N–H and O–H groups in total. The van der Waals surface area contributed by atoms with Gasteiger partial charge in [-0.15, -0.1) is 0 Å². The van der Waals surface area contributed by atoms with Gasteiger partial charge < -0.3 is 5.32 Å². The molecule has 0 aromatic heterocycles. The molecule has 1 aliphatic rings. The summed E-state index contributed by atoms with van der Waals surface area (Å²) < 4.78 is 0. The van der Waals surface area contributed by atoms with Gasteiger partial charge in [-0.25, -0.2) is 0 Å². The average Bonchev–Trinajstić information content (AvgIpc) is 2.32. The van der Waals surface area contributed by atoms with Crippen LogP contribution < -0.4 is 5.32 Å². The molecule has 2 heteroatoms. The van der Waals surface area contributed by atoms with Crippen molar-refractivity contribution < 1.29 is 0 Å². The summed E-state index contributed by atoms with van der Waals surface area (Å²) >= 11 is 0. The maximum atomic E-state index is 8.91. The molecule has 2 atom stereocenters. The first-order valence-corrected chi connectivity index (χ1v) is 6.77. The Labute approximate surface area is 110 Å². The van der Waals surface area contributed by atoms with Crippen molar-refractivity contribution in [1.29, 1.82) is 5.26 Å². The van der Waals surface area contributed by atoms with Gasteiger partial charge in [0, 0.05) is 11.7 Å². The Hall–Kier alpha value is -1.49. The molecule has 0 bridgehead atoms. The molecule has 0 radical (unpaired) electrons. The van der Waals surface area contributed by atoms with Crippen molar-refractivity contribution in [2.75, 3.05) is 5.32 Å². The molecule has 0 amide bonds. The van der Waals surface area contributed by atoms with Crippen LogP contribution in [0.1, 0.15) is 45.6 Å². The van der Waals surface area contributed by atoms with Gasteiger partial charge >= 0.3 is 0 Å². The summed E-state index contributed by atoms with van der Waals surface area (Å²) in [4.78, 5) is 0. The van der Waals surface area contributed by atoms with Crippen molar-refractivity contribution in [2.45, 2.75) is 46.1 Å². The van der Waals surface area contributed by atoms with Crippen LogP contribution in [0.2, 0.25) is 0 Å². The SMILES string of the molecule is CC1CC(C)(C)CCC1Nc1cccc(C#N)c1. The summed E-state index contributed by atoms with van der Waals surface area (Å²) in [6.45, 7) is 7.04. The fourth-order valence-electron chi connectivity index (χ4n) is 3.05. The van der Waals surface area contributed by atoms with E-state index in [0.717, 1.165) is 11.3 Å². The van der Waals surface area contributed by atoms with E-state index in [-0.39, 0.29) is 0 Å². The zero-order chi connectivity index (χ0) is 13.2. The molecule has 2 unspecified atom stereocenters. The normalized spacial score (nSPS) is 26.3. The molecule has 1 aromatic rings. The van der Waals surface area contributed by atoms with E-state index in [1.54, 1.807) is 0 Å². The van der Waals surface area contributed by atoms with Gasteiger partial charge in [0.25, 0.3) is 0 Å². The van der Waals surface area contributed by atoms with E-state index in [0.29, 0.717) is 17.4 Å². The van der Waals surface area contributed by atoms with Crippen molar-refractivity contribution in [3.05, 3.63) is 29.8 Å². The lowest BCUT2D eigenvalue weighted by Crippen LogP contribution is -2.36. The van der Waals surface area contributed by atoms with E-state index >= 15 is 0 Å². The minimum atomic E-state index is 0.478. The Kier molecular flexibility index (Phi) is 3.61. The highest BCUT2D eigenvalue weighted by Crippen LogP contribution is 2.39. The fourth-order valence-corrected chi connectivity index (χ4v) is 3.05. The van der Waals surface area contributed by atoms with E-state index in [9.17, 15) is 0 Å². The summed E-state index contributed by atoms with van der Waals surface area (Å²) in [7, 11) is 0.